The number of alkyl halides is 3. The maximum Gasteiger partial charge on any atom is 0.417 e. The Morgan fingerprint density at radius 2 is 1.79 bits per heavy atom. The molecule has 1 atom stereocenters. The van der Waals surface area contributed by atoms with Crippen LogP contribution >= 0.6 is 15.9 Å². The van der Waals surface area contributed by atoms with Crippen LogP contribution in [0.2, 0.25) is 0 Å². The number of hydrogen-bond acceptors (Lipinski definition) is 5. The number of fused-ring (bicyclic) bond motifs is 1. The molecule has 3 heterocycles. The standard InChI is InChI=1S/C31H29BrF3N5O3/c1-17-13-19(3)40(37-17)30-36-27-16-38(28(41)20-7-12-26(32)25(15-20)31(33,34)35)18(2)14-24(27)29(42)39(30)21-8-10-23(11-9-21)43-22-5-4-6-22/h7-13,15,18,22H,4-6,14,16H2,1-3H3/t18-/m1/s1. The summed E-state index contributed by atoms with van der Waals surface area (Å²) in [6, 6.07) is 12.1. The summed E-state index contributed by atoms with van der Waals surface area (Å²) in [4.78, 5) is 34.0. The number of carbonyl (C=O) groups is 1. The van der Waals surface area contributed by atoms with E-state index >= 15 is 0 Å². The number of hydrogen-bond donors (Lipinski definition) is 0. The minimum atomic E-state index is -4.63. The van der Waals surface area contributed by atoms with Crippen molar-refractivity contribution in [2.75, 3.05) is 0 Å². The van der Waals surface area contributed by atoms with E-state index in [1.807, 2.05) is 44.2 Å². The van der Waals surface area contributed by atoms with Crippen molar-refractivity contribution < 1.29 is 22.7 Å². The van der Waals surface area contributed by atoms with E-state index in [4.69, 9.17) is 9.72 Å². The van der Waals surface area contributed by atoms with Gasteiger partial charge in [0.05, 0.1) is 35.3 Å². The predicted octanol–water partition coefficient (Wildman–Crippen LogP) is 6.33. The fourth-order valence-electron chi connectivity index (χ4n) is 5.52. The van der Waals surface area contributed by atoms with Gasteiger partial charge in [-0.25, -0.2) is 14.2 Å². The molecular weight excluding hydrogens is 627 g/mol. The topological polar surface area (TPSA) is 82.2 Å². The lowest BCUT2D eigenvalue weighted by atomic mass is 9.96. The van der Waals surface area contributed by atoms with Gasteiger partial charge in [0.25, 0.3) is 11.5 Å². The predicted molar refractivity (Wildman–Crippen MR) is 157 cm³/mol. The molecule has 2 aliphatic rings. The van der Waals surface area contributed by atoms with Crippen LogP contribution in [0, 0.1) is 13.8 Å². The van der Waals surface area contributed by atoms with Crippen LogP contribution in [-0.4, -0.2) is 42.3 Å². The molecule has 6 rings (SSSR count). The third-order valence-electron chi connectivity index (χ3n) is 8.02. The molecule has 2 aromatic heterocycles. The molecule has 1 aliphatic carbocycles. The Morgan fingerprint density at radius 1 is 1.07 bits per heavy atom. The van der Waals surface area contributed by atoms with Gasteiger partial charge in [-0.15, -0.1) is 0 Å². The minimum Gasteiger partial charge on any atom is -0.490 e. The van der Waals surface area contributed by atoms with E-state index < -0.39 is 23.7 Å². The maximum atomic E-state index is 14.1. The van der Waals surface area contributed by atoms with E-state index in [0.717, 1.165) is 42.5 Å². The van der Waals surface area contributed by atoms with Gasteiger partial charge in [-0.1, -0.05) is 15.9 Å². The first-order valence-electron chi connectivity index (χ1n) is 14.0. The smallest absolute Gasteiger partial charge is 0.417 e. The first-order valence-corrected chi connectivity index (χ1v) is 14.8. The third kappa shape index (κ3) is 5.48. The molecular formula is C31H29BrF3N5O3. The zero-order valence-corrected chi connectivity index (χ0v) is 25.4. The lowest BCUT2D eigenvalue weighted by molar-refractivity contribution is -0.138. The van der Waals surface area contributed by atoms with Gasteiger partial charge in [-0.05, 0) is 95.0 Å². The summed E-state index contributed by atoms with van der Waals surface area (Å²) in [5.74, 6) is 0.410. The van der Waals surface area contributed by atoms with Crippen molar-refractivity contribution in [1.82, 2.24) is 24.2 Å². The van der Waals surface area contributed by atoms with Gasteiger partial charge in [-0.3, -0.25) is 9.59 Å². The SMILES string of the molecule is Cc1cc(C)n(-c2nc3c(c(=O)n2-c2ccc(OC4CCC4)cc2)C[C@@H](C)N(C(=O)c2ccc(Br)c(C(F)(F)F)c2)C3)n1. The van der Waals surface area contributed by atoms with Crippen molar-refractivity contribution in [1.29, 1.82) is 0 Å². The molecule has 0 spiro atoms. The van der Waals surface area contributed by atoms with Crippen molar-refractivity contribution in [2.45, 2.75) is 71.3 Å². The number of carbonyl (C=O) groups excluding carboxylic acids is 1. The van der Waals surface area contributed by atoms with Crippen LogP contribution in [0.5, 0.6) is 5.75 Å². The summed E-state index contributed by atoms with van der Waals surface area (Å²) in [5, 5.41) is 4.57. The summed E-state index contributed by atoms with van der Waals surface area (Å²) < 4.78 is 49.6. The molecule has 1 saturated carbocycles. The van der Waals surface area contributed by atoms with Gasteiger partial charge in [-0.2, -0.15) is 18.3 Å². The Morgan fingerprint density at radius 3 is 2.40 bits per heavy atom. The molecule has 4 aromatic rings. The quantitative estimate of drug-likeness (QED) is 0.251. The Kier molecular flexibility index (Phi) is 7.44. The molecule has 43 heavy (non-hydrogen) atoms. The fraction of sp³-hybridized carbons (Fsp3) is 0.355. The van der Waals surface area contributed by atoms with E-state index in [1.54, 1.807) is 11.6 Å². The van der Waals surface area contributed by atoms with Crippen LogP contribution in [0.3, 0.4) is 0 Å². The molecule has 1 fully saturated rings. The van der Waals surface area contributed by atoms with E-state index in [2.05, 4.69) is 21.0 Å². The number of ether oxygens (including phenoxy) is 1. The summed E-state index contributed by atoms with van der Waals surface area (Å²) in [6.07, 6.45) is -1.01. The molecule has 12 heteroatoms. The minimum absolute atomic E-state index is 0.0384. The highest BCUT2D eigenvalue weighted by Crippen LogP contribution is 2.36. The lowest BCUT2D eigenvalue weighted by Gasteiger charge is -2.34. The van der Waals surface area contributed by atoms with Crippen LogP contribution in [0.15, 0.2) is 57.8 Å². The zero-order valence-electron chi connectivity index (χ0n) is 23.8. The number of aryl methyl sites for hydroxylation is 2. The van der Waals surface area contributed by atoms with E-state index in [1.165, 1.54) is 21.6 Å². The van der Waals surface area contributed by atoms with Crippen molar-refractivity contribution >= 4 is 21.8 Å². The third-order valence-corrected chi connectivity index (χ3v) is 8.72. The molecule has 1 amide bonds. The second-order valence-corrected chi connectivity index (χ2v) is 12.0. The highest BCUT2D eigenvalue weighted by Gasteiger charge is 2.36. The maximum absolute atomic E-state index is 14.1. The fourth-order valence-corrected chi connectivity index (χ4v) is 5.99. The first kappa shape index (κ1) is 29.2. The summed E-state index contributed by atoms with van der Waals surface area (Å²) in [7, 11) is 0. The van der Waals surface area contributed by atoms with Crippen LogP contribution in [0.1, 0.15) is 64.8 Å². The molecule has 0 unspecified atom stereocenters. The van der Waals surface area contributed by atoms with Crippen molar-refractivity contribution in [3.05, 3.63) is 97.1 Å². The number of rotatable bonds is 5. The van der Waals surface area contributed by atoms with Crippen LogP contribution in [0.4, 0.5) is 13.2 Å². The number of aromatic nitrogens is 4. The van der Waals surface area contributed by atoms with E-state index in [0.29, 0.717) is 16.9 Å². The average Bonchev–Trinajstić information content (AvgIpc) is 3.28. The second kappa shape index (κ2) is 11.0. The Labute approximate surface area is 254 Å². The lowest BCUT2D eigenvalue weighted by Crippen LogP contribution is -2.46. The monoisotopic (exact) mass is 655 g/mol. The largest absolute Gasteiger partial charge is 0.490 e. The molecule has 2 aromatic carbocycles. The van der Waals surface area contributed by atoms with Gasteiger partial charge in [0.1, 0.15) is 5.75 Å². The van der Waals surface area contributed by atoms with Crippen LogP contribution in [-0.2, 0) is 19.1 Å². The van der Waals surface area contributed by atoms with Crippen LogP contribution in [0.25, 0.3) is 11.6 Å². The number of nitrogens with zero attached hydrogens (tertiary/aromatic N) is 5. The zero-order chi connectivity index (χ0) is 30.6. The number of halogens is 4. The van der Waals surface area contributed by atoms with Crippen molar-refractivity contribution in [2.24, 2.45) is 0 Å². The Bertz CT molecular complexity index is 1780. The molecule has 0 radical (unpaired) electrons. The average molecular weight is 657 g/mol. The molecule has 0 bridgehead atoms. The van der Waals surface area contributed by atoms with Gasteiger partial charge >= 0.3 is 6.18 Å². The van der Waals surface area contributed by atoms with Gasteiger partial charge in [0, 0.05) is 27.3 Å². The summed E-state index contributed by atoms with van der Waals surface area (Å²) in [6.45, 7) is 5.43. The Hall–Kier alpha value is -3.93. The highest BCUT2D eigenvalue weighted by molar-refractivity contribution is 9.10. The summed E-state index contributed by atoms with van der Waals surface area (Å²) >= 11 is 2.93. The summed E-state index contributed by atoms with van der Waals surface area (Å²) in [5.41, 5.74) is 1.60. The highest BCUT2D eigenvalue weighted by atomic mass is 79.9. The van der Waals surface area contributed by atoms with Gasteiger partial charge < -0.3 is 9.64 Å². The van der Waals surface area contributed by atoms with Crippen molar-refractivity contribution in [3.8, 4) is 17.4 Å². The number of benzene rings is 2. The van der Waals surface area contributed by atoms with E-state index in [9.17, 15) is 22.8 Å². The molecule has 0 saturated heterocycles. The normalized spacial score (nSPS) is 17.0. The molecule has 1 aliphatic heterocycles. The molecule has 224 valence electrons. The number of amides is 1. The van der Waals surface area contributed by atoms with Crippen LogP contribution < -0.4 is 10.3 Å². The van der Waals surface area contributed by atoms with Crippen molar-refractivity contribution in [3.63, 3.8) is 0 Å². The van der Waals surface area contributed by atoms with E-state index in [-0.39, 0.29) is 40.6 Å². The Balaban J connectivity index is 1.41. The van der Waals surface area contributed by atoms with Gasteiger partial charge in [0.2, 0.25) is 5.95 Å². The molecule has 8 nitrogen and oxygen atoms in total. The molecule has 0 N–H and O–H groups in total. The first-order chi connectivity index (χ1) is 20.4. The second-order valence-electron chi connectivity index (χ2n) is 11.2. The van der Waals surface area contributed by atoms with Gasteiger partial charge in [0.15, 0.2) is 0 Å².